The molecule has 15 heavy (non-hydrogen) atoms. The van der Waals surface area contributed by atoms with Crippen molar-refractivity contribution in [1.82, 2.24) is 5.32 Å². The van der Waals surface area contributed by atoms with E-state index in [2.05, 4.69) is 29.1 Å². The number of methoxy groups -OCH3 is 1. The molecule has 0 aliphatic heterocycles. The van der Waals surface area contributed by atoms with Gasteiger partial charge in [-0.05, 0) is 19.4 Å². The maximum absolute atomic E-state index is 10.9. The summed E-state index contributed by atoms with van der Waals surface area (Å²) in [5.41, 5.74) is 2.40. The van der Waals surface area contributed by atoms with E-state index in [1.807, 2.05) is 19.1 Å². The Bertz CT molecular complexity index is 336. The Kier molecular flexibility index (Phi) is 4.31. The first-order valence-electron chi connectivity index (χ1n) is 5.00. The fraction of sp³-hybridized carbons (Fsp3) is 0.417. The summed E-state index contributed by atoms with van der Waals surface area (Å²) in [4.78, 5) is 10.9. The molecular weight excluding hydrogens is 190 g/mol. The van der Waals surface area contributed by atoms with Gasteiger partial charge in [-0.1, -0.05) is 29.8 Å². The molecule has 0 aliphatic rings. The number of aryl methyl sites for hydroxylation is 1. The third-order valence-corrected chi connectivity index (χ3v) is 2.32. The Morgan fingerprint density at radius 3 is 2.87 bits per heavy atom. The summed E-state index contributed by atoms with van der Waals surface area (Å²) >= 11 is 0. The molecule has 0 saturated carbocycles. The summed E-state index contributed by atoms with van der Waals surface area (Å²) in [7, 11) is 1.39. The van der Waals surface area contributed by atoms with Crippen molar-refractivity contribution in [2.75, 3.05) is 13.7 Å². The zero-order valence-corrected chi connectivity index (χ0v) is 9.41. The number of carbonyl (C=O) groups is 1. The van der Waals surface area contributed by atoms with E-state index in [0.717, 1.165) is 0 Å². The second kappa shape index (κ2) is 5.51. The number of nitrogens with one attached hydrogen (secondary N) is 1. The van der Waals surface area contributed by atoms with Gasteiger partial charge in [-0.25, -0.2) is 0 Å². The molecule has 3 nitrogen and oxygen atoms in total. The first kappa shape index (κ1) is 11.7. The quantitative estimate of drug-likeness (QED) is 0.765. The van der Waals surface area contributed by atoms with Crippen LogP contribution in [0.2, 0.25) is 0 Å². The Balaban J connectivity index is 2.53. The standard InChI is InChI=1S/C12H17NO2/c1-9-5-4-6-11(7-9)10(2)13-8-12(14)15-3/h4-7,10,13H,8H2,1-3H3/t10-/m0/s1. The number of hydrogen-bond donors (Lipinski definition) is 1. The lowest BCUT2D eigenvalue weighted by atomic mass is 10.1. The third kappa shape index (κ3) is 3.72. The maximum atomic E-state index is 10.9. The first-order chi connectivity index (χ1) is 7.13. The van der Waals surface area contributed by atoms with Crippen LogP contribution in [0, 0.1) is 6.92 Å². The normalized spacial score (nSPS) is 12.2. The van der Waals surface area contributed by atoms with Crippen LogP contribution >= 0.6 is 0 Å². The van der Waals surface area contributed by atoms with Crippen LogP contribution in [0.1, 0.15) is 24.1 Å². The lowest BCUT2D eigenvalue weighted by Gasteiger charge is -2.13. The average molecular weight is 207 g/mol. The van der Waals surface area contributed by atoms with Gasteiger partial charge in [-0.2, -0.15) is 0 Å². The van der Waals surface area contributed by atoms with E-state index in [0.29, 0.717) is 0 Å². The molecule has 1 N–H and O–H groups in total. The van der Waals surface area contributed by atoms with E-state index in [4.69, 9.17) is 0 Å². The first-order valence-corrected chi connectivity index (χ1v) is 5.00. The van der Waals surface area contributed by atoms with E-state index in [1.165, 1.54) is 18.2 Å². The van der Waals surface area contributed by atoms with Crippen molar-refractivity contribution in [1.29, 1.82) is 0 Å². The number of hydrogen-bond acceptors (Lipinski definition) is 3. The molecule has 1 atom stereocenters. The zero-order valence-electron chi connectivity index (χ0n) is 9.41. The molecule has 1 aromatic carbocycles. The van der Waals surface area contributed by atoms with Gasteiger partial charge in [0.2, 0.25) is 0 Å². The summed E-state index contributed by atoms with van der Waals surface area (Å²) < 4.78 is 4.56. The van der Waals surface area contributed by atoms with E-state index >= 15 is 0 Å². The predicted octanol–water partition coefficient (Wildman–Crippen LogP) is 1.82. The van der Waals surface area contributed by atoms with Crippen LogP contribution in [0.15, 0.2) is 24.3 Å². The molecule has 0 radical (unpaired) electrons. The van der Waals surface area contributed by atoms with Gasteiger partial charge in [0.25, 0.3) is 0 Å². The summed E-state index contributed by atoms with van der Waals surface area (Å²) in [5.74, 6) is -0.241. The van der Waals surface area contributed by atoms with E-state index < -0.39 is 0 Å². The molecule has 0 amide bonds. The van der Waals surface area contributed by atoms with Gasteiger partial charge in [-0.15, -0.1) is 0 Å². The molecule has 1 rings (SSSR count). The summed E-state index contributed by atoms with van der Waals surface area (Å²) in [5, 5.41) is 3.10. The van der Waals surface area contributed by atoms with Crippen LogP contribution < -0.4 is 5.32 Å². The van der Waals surface area contributed by atoms with Crippen LogP contribution in [0.3, 0.4) is 0 Å². The predicted molar refractivity (Wildman–Crippen MR) is 59.6 cm³/mol. The van der Waals surface area contributed by atoms with Crippen LogP contribution in [-0.4, -0.2) is 19.6 Å². The summed E-state index contributed by atoms with van der Waals surface area (Å²) in [6.07, 6.45) is 0. The Hall–Kier alpha value is -1.35. The van der Waals surface area contributed by atoms with E-state index in [1.54, 1.807) is 0 Å². The molecule has 1 aromatic rings. The van der Waals surface area contributed by atoms with E-state index in [-0.39, 0.29) is 18.6 Å². The number of rotatable bonds is 4. The van der Waals surface area contributed by atoms with Crippen LogP contribution in [0.4, 0.5) is 0 Å². The molecule has 0 spiro atoms. The van der Waals surface area contributed by atoms with Gasteiger partial charge in [0.1, 0.15) is 0 Å². The lowest BCUT2D eigenvalue weighted by molar-refractivity contribution is -0.139. The van der Waals surface area contributed by atoms with Crippen molar-refractivity contribution in [3.05, 3.63) is 35.4 Å². The highest BCUT2D eigenvalue weighted by atomic mass is 16.5. The smallest absolute Gasteiger partial charge is 0.319 e. The topological polar surface area (TPSA) is 38.3 Å². The van der Waals surface area contributed by atoms with Gasteiger partial charge in [0.05, 0.1) is 13.7 Å². The fourth-order valence-electron chi connectivity index (χ4n) is 1.37. The molecule has 3 heteroatoms. The SMILES string of the molecule is COC(=O)CN[C@@H](C)c1cccc(C)c1. The van der Waals surface area contributed by atoms with Crippen LogP contribution in [-0.2, 0) is 9.53 Å². The van der Waals surface area contributed by atoms with Gasteiger partial charge in [0, 0.05) is 6.04 Å². The largest absolute Gasteiger partial charge is 0.468 e. The zero-order chi connectivity index (χ0) is 11.3. The summed E-state index contributed by atoms with van der Waals surface area (Å²) in [6, 6.07) is 8.37. The van der Waals surface area contributed by atoms with Crippen molar-refractivity contribution in [3.63, 3.8) is 0 Å². The molecule has 0 aliphatic carbocycles. The molecule has 82 valence electrons. The van der Waals surface area contributed by atoms with Gasteiger partial charge in [0.15, 0.2) is 0 Å². The Morgan fingerprint density at radius 1 is 1.53 bits per heavy atom. The lowest BCUT2D eigenvalue weighted by Crippen LogP contribution is -2.26. The molecule has 0 saturated heterocycles. The third-order valence-electron chi connectivity index (χ3n) is 2.32. The molecular formula is C12H17NO2. The minimum atomic E-state index is -0.241. The van der Waals surface area contributed by atoms with Gasteiger partial charge >= 0.3 is 5.97 Å². The van der Waals surface area contributed by atoms with Crippen molar-refractivity contribution in [2.45, 2.75) is 19.9 Å². The molecule has 0 fully saturated rings. The van der Waals surface area contributed by atoms with Crippen molar-refractivity contribution >= 4 is 5.97 Å². The second-order valence-electron chi connectivity index (χ2n) is 3.59. The van der Waals surface area contributed by atoms with Crippen LogP contribution in [0.5, 0.6) is 0 Å². The highest BCUT2D eigenvalue weighted by molar-refractivity contribution is 5.71. The Labute approximate surface area is 90.4 Å². The van der Waals surface area contributed by atoms with Gasteiger partial charge in [-0.3, -0.25) is 4.79 Å². The number of carbonyl (C=O) groups excluding carboxylic acids is 1. The highest BCUT2D eigenvalue weighted by Gasteiger charge is 2.07. The highest BCUT2D eigenvalue weighted by Crippen LogP contribution is 2.13. The molecule has 0 unspecified atom stereocenters. The Morgan fingerprint density at radius 2 is 2.27 bits per heavy atom. The monoisotopic (exact) mass is 207 g/mol. The van der Waals surface area contributed by atoms with Gasteiger partial charge < -0.3 is 10.1 Å². The average Bonchev–Trinajstić information content (AvgIpc) is 2.25. The molecule has 0 heterocycles. The summed E-state index contributed by atoms with van der Waals surface area (Å²) in [6.45, 7) is 4.32. The minimum absolute atomic E-state index is 0.156. The second-order valence-corrected chi connectivity index (χ2v) is 3.59. The maximum Gasteiger partial charge on any atom is 0.319 e. The minimum Gasteiger partial charge on any atom is -0.468 e. The van der Waals surface area contributed by atoms with Crippen molar-refractivity contribution in [3.8, 4) is 0 Å². The molecule has 0 aromatic heterocycles. The molecule has 0 bridgehead atoms. The number of benzene rings is 1. The number of ether oxygens (including phenoxy) is 1. The van der Waals surface area contributed by atoms with Crippen LogP contribution in [0.25, 0.3) is 0 Å². The van der Waals surface area contributed by atoms with Crippen molar-refractivity contribution in [2.24, 2.45) is 0 Å². The van der Waals surface area contributed by atoms with E-state index in [9.17, 15) is 4.79 Å². The van der Waals surface area contributed by atoms with Crippen molar-refractivity contribution < 1.29 is 9.53 Å². The number of esters is 1. The fourth-order valence-corrected chi connectivity index (χ4v) is 1.37.